The van der Waals surface area contributed by atoms with Crippen molar-refractivity contribution < 1.29 is 9.21 Å². The number of halogens is 2. The first-order valence-corrected chi connectivity index (χ1v) is 7.74. The van der Waals surface area contributed by atoms with E-state index in [1.807, 2.05) is 12.1 Å². The minimum Gasteiger partial charge on any atom is -0.407 e. The zero-order valence-corrected chi connectivity index (χ0v) is 13.8. The van der Waals surface area contributed by atoms with Crippen molar-refractivity contribution >= 4 is 40.9 Å². The van der Waals surface area contributed by atoms with Gasteiger partial charge in [0.2, 0.25) is 5.89 Å². The molecular weight excluding hydrogens is 351 g/mol. The average molecular weight is 363 g/mol. The van der Waals surface area contributed by atoms with E-state index in [1.165, 1.54) is 0 Å². The number of rotatable bonds is 4. The van der Waals surface area contributed by atoms with Gasteiger partial charge in [0, 0.05) is 15.7 Å². The summed E-state index contributed by atoms with van der Waals surface area (Å²) in [6.07, 6.45) is 0.449. The monoisotopic (exact) mass is 362 g/mol. The van der Waals surface area contributed by atoms with Crippen LogP contribution in [0.15, 0.2) is 52.9 Å². The van der Waals surface area contributed by atoms with Gasteiger partial charge in [-0.2, -0.15) is 0 Å². The molecule has 3 rings (SSSR count). The van der Waals surface area contributed by atoms with E-state index in [4.69, 9.17) is 27.6 Å². The van der Waals surface area contributed by atoms with E-state index in [-0.39, 0.29) is 6.01 Å². The summed E-state index contributed by atoms with van der Waals surface area (Å²) in [6.45, 7) is 0. The molecular formula is C16H12Cl2N4O2. The number of benzene rings is 2. The Morgan fingerprint density at radius 2 is 1.54 bits per heavy atom. The summed E-state index contributed by atoms with van der Waals surface area (Å²) < 4.78 is 5.40. The van der Waals surface area contributed by atoms with E-state index in [1.54, 1.807) is 36.4 Å². The zero-order valence-electron chi connectivity index (χ0n) is 12.3. The second-order valence-corrected chi connectivity index (χ2v) is 5.76. The van der Waals surface area contributed by atoms with E-state index >= 15 is 0 Å². The van der Waals surface area contributed by atoms with E-state index in [0.29, 0.717) is 28.0 Å². The maximum atomic E-state index is 11.9. The van der Waals surface area contributed by atoms with E-state index in [9.17, 15) is 4.79 Å². The maximum Gasteiger partial charge on any atom is 0.327 e. The van der Waals surface area contributed by atoms with E-state index in [0.717, 1.165) is 5.56 Å². The molecule has 24 heavy (non-hydrogen) atoms. The molecule has 8 heteroatoms. The van der Waals surface area contributed by atoms with Gasteiger partial charge in [-0.1, -0.05) is 40.4 Å². The SMILES string of the molecule is O=C(Nc1ccc(Cl)cc1)Nc1nnc(Cc2ccc(Cl)cc2)o1. The topological polar surface area (TPSA) is 80.0 Å². The normalized spacial score (nSPS) is 10.4. The van der Waals surface area contributed by atoms with Gasteiger partial charge in [0.1, 0.15) is 0 Å². The lowest BCUT2D eigenvalue weighted by Crippen LogP contribution is -2.19. The molecule has 2 N–H and O–H groups in total. The predicted octanol–water partition coefficient (Wildman–Crippen LogP) is 4.61. The highest BCUT2D eigenvalue weighted by Crippen LogP contribution is 2.16. The highest BCUT2D eigenvalue weighted by molar-refractivity contribution is 6.30. The van der Waals surface area contributed by atoms with Crippen LogP contribution in [0, 0.1) is 0 Å². The largest absolute Gasteiger partial charge is 0.407 e. The Morgan fingerprint density at radius 3 is 2.21 bits per heavy atom. The first kappa shape index (κ1) is 16.3. The smallest absolute Gasteiger partial charge is 0.327 e. The fourth-order valence-corrected chi connectivity index (χ4v) is 2.20. The summed E-state index contributed by atoms with van der Waals surface area (Å²) in [6, 6.07) is 13.5. The van der Waals surface area contributed by atoms with Crippen LogP contribution >= 0.6 is 23.2 Å². The Morgan fingerprint density at radius 1 is 0.917 bits per heavy atom. The van der Waals surface area contributed by atoms with Crippen LogP contribution in [0.3, 0.4) is 0 Å². The second kappa shape index (κ2) is 7.33. The number of nitrogens with zero attached hydrogens (tertiary/aromatic N) is 2. The molecule has 0 saturated heterocycles. The third-order valence-corrected chi connectivity index (χ3v) is 3.56. The Labute approximate surface area is 147 Å². The van der Waals surface area contributed by atoms with Crippen molar-refractivity contribution in [1.82, 2.24) is 10.2 Å². The summed E-state index contributed by atoms with van der Waals surface area (Å²) in [4.78, 5) is 11.9. The van der Waals surface area contributed by atoms with Crippen LogP contribution in [0.25, 0.3) is 0 Å². The fraction of sp³-hybridized carbons (Fsp3) is 0.0625. The first-order chi connectivity index (χ1) is 11.6. The van der Waals surface area contributed by atoms with Gasteiger partial charge in [0.15, 0.2) is 0 Å². The number of amides is 2. The Bertz CT molecular complexity index is 832. The number of urea groups is 1. The molecule has 0 unspecified atom stereocenters. The van der Waals surface area contributed by atoms with Crippen molar-refractivity contribution in [3.63, 3.8) is 0 Å². The molecule has 1 aromatic heterocycles. The molecule has 6 nitrogen and oxygen atoms in total. The molecule has 1 heterocycles. The van der Waals surface area contributed by atoms with Crippen LogP contribution in [-0.2, 0) is 6.42 Å². The van der Waals surface area contributed by atoms with E-state index in [2.05, 4.69) is 20.8 Å². The molecule has 3 aromatic rings. The molecule has 0 radical (unpaired) electrons. The van der Waals surface area contributed by atoms with Crippen LogP contribution in [0.2, 0.25) is 10.0 Å². The van der Waals surface area contributed by atoms with Crippen LogP contribution in [0.5, 0.6) is 0 Å². The summed E-state index contributed by atoms with van der Waals surface area (Å²) in [5.74, 6) is 0.388. The Balaban J connectivity index is 1.58. The highest BCUT2D eigenvalue weighted by Gasteiger charge is 2.10. The molecule has 0 bridgehead atoms. The van der Waals surface area contributed by atoms with Crippen LogP contribution in [0.4, 0.5) is 16.5 Å². The first-order valence-electron chi connectivity index (χ1n) is 6.99. The van der Waals surface area contributed by atoms with Gasteiger partial charge in [0.25, 0.3) is 0 Å². The number of aromatic nitrogens is 2. The van der Waals surface area contributed by atoms with Crippen LogP contribution < -0.4 is 10.6 Å². The molecule has 0 spiro atoms. The number of nitrogens with one attached hydrogen (secondary N) is 2. The zero-order chi connectivity index (χ0) is 16.9. The van der Waals surface area contributed by atoms with Crippen molar-refractivity contribution in [3.8, 4) is 0 Å². The van der Waals surface area contributed by atoms with Gasteiger partial charge in [-0.05, 0) is 42.0 Å². The lowest BCUT2D eigenvalue weighted by atomic mass is 10.1. The molecule has 0 aliphatic carbocycles. The summed E-state index contributed by atoms with van der Waals surface area (Å²) >= 11 is 11.6. The van der Waals surface area contributed by atoms with Gasteiger partial charge >= 0.3 is 12.0 Å². The van der Waals surface area contributed by atoms with Crippen molar-refractivity contribution in [2.75, 3.05) is 10.6 Å². The average Bonchev–Trinajstić information content (AvgIpc) is 2.99. The third kappa shape index (κ3) is 4.47. The summed E-state index contributed by atoms with van der Waals surface area (Å²) in [7, 11) is 0. The van der Waals surface area contributed by atoms with Gasteiger partial charge < -0.3 is 9.73 Å². The number of anilines is 2. The lowest BCUT2D eigenvalue weighted by molar-refractivity contribution is 0.261. The summed E-state index contributed by atoms with van der Waals surface area (Å²) in [5, 5.41) is 14.0. The fourth-order valence-electron chi connectivity index (χ4n) is 1.95. The molecule has 0 aliphatic rings. The Hall–Kier alpha value is -2.57. The predicted molar refractivity (Wildman–Crippen MR) is 92.6 cm³/mol. The van der Waals surface area contributed by atoms with Gasteiger partial charge in [-0.3, -0.25) is 5.32 Å². The van der Waals surface area contributed by atoms with Crippen molar-refractivity contribution in [1.29, 1.82) is 0 Å². The highest BCUT2D eigenvalue weighted by atomic mass is 35.5. The quantitative estimate of drug-likeness (QED) is 0.709. The van der Waals surface area contributed by atoms with Gasteiger partial charge in [-0.25, -0.2) is 4.79 Å². The van der Waals surface area contributed by atoms with Gasteiger partial charge in [0.05, 0.1) is 6.42 Å². The second-order valence-electron chi connectivity index (χ2n) is 4.89. The molecule has 0 atom stereocenters. The standard InChI is InChI=1S/C16H12Cl2N4O2/c17-11-3-1-10(2-4-11)9-14-21-22-16(24-14)20-15(23)19-13-7-5-12(18)6-8-13/h1-8H,9H2,(H2,19,20,22,23). The molecule has 0 aliphatic heterocycles. The number of carbonyl (C=O) groups is 1. The lowest BCUT2D eigenvalue weighted by Gasteiger charge is -2.04. The van der Waals surface area contributed by atoms with Crippen LogP contribution in [0.1, 0.15) is 11.5 Å². The molecule has 0 fully saturated rings. The maximum absolute atomic E-state index is 11.9. The van der Waals surface area contributed by atoms with Crippen LogP contribution in [-0.4, -0.2) is 16.2 Å². The third-order valence-electron chi connectivity index (χ3n) is 3.06. The van der Waals surface area contributed by atoms with Gasteiger partial charge in [-0.15, -0.1) is 5.10 Å². The molecule has 0 saturated carbocycles. The minimum absolute atomic E-state index is 0.0189. The van der Waals surface area contributed by atoms with Crippen molar-refractivity contribution in [2.45, 2.75) is 6.42 Å². The summed E-state index contributed by atoms with van der Waals surface area (Å²) in [5.41, 5.74) is 1.57. The number of hydrogen-bond acceptors (Lipinski definition) is 4. The minimum atomic E-state index is -0.487. The Kier molecular flexibility index (Phi) is 4.98. The van der Waals surface area contributed by atoms with Crippen molar-refractivity contribution in [2.24, 2.45) is 0 Å². The number of hydrogen-bond donors (Lipinski definition) is 2. The van der Waals surface area contributed by atoms with E-state index < -0.39 is 6.03 Å². The molecule has 122 valence electrons. The molecule has 2 aromatic carbocycles. The van der Waals surface area contributed by atoms with Crippen molar-refractivity contribution in [3.05, 3.63) is 70.0 Å². The molecule has 2 amide bonds. The number of carbonyl (C=O) groups excluding carboxylic acids is 1.